The van der Waals surface area contributed by atoms with Crippen LogP contribution in [0.15, 0.2) is 59.0 Å². The number of hydrogen-bond donors (Lipinski definition) is 0. The van der Waals surface area contributed by atoms with Crippen LogP contribution in [0, 0.1) is 0 Å². The average Bonchev–Trinajstić information content (AvgIpc) is 3.17. The van der Waals surface area contributed by atoms with Crippen LogP contribution in [-0.2, 0) is 11.2 Å². The molecule has 1 aliphatic carbocycles. The minimum Gasteiger partial charge on any atom is -0.465 e. The number of allylic oxidation sites excluding steroid dienone is 1. The zero-order valence-electron chi connectivity index (χ0n) is 13.7. The Morgan fingerprint density at radius 1 is 1.04 bits per heavy atom. The molecule has 2 aromatic carbocycles. The number of methoxy groups -OCH3 is 1. The van der Waals surface area contributed by atoms with Crippen LogP contribution in [0.5, 0.6) is 0 Å². The van der Waals surface area contributed by atoms with Crippen LogP contribution in [0.4, 0.5) is 0 Å². The second-order valence-corrected chi connectivity index (χ2v) is 5.79. The first kappa shape index (κ1) is 15.3. The molecule has 5 nitrogen and oxygen atoms in total. The summed E-state index contributed by atoms with van der Waals surface area (Å²) < 4.78 is 10.6. The molecule has 0 N–H and O–H groups in total. The molecule has 0 amide bonds. The highest BCUT2D eigenvalue weighted by Crippen LogP contribution is 2.32. The third-order valence-corrected chi connectivity index (χ3v) is 4.28. The van der Waals surface area contributed by atoms with Crippen LogP contribution in [0.1, 0.15) is 33.8 Å². The fourth-order valence-corrected chi connectivity index (χ4v) is 3.00. The van der Waals surface area contributed by atoms with Crippen molar-refractivity contribution < 1.29 is 13.9 Å². The Balaban J connectivity index is 1.65. The summed E-state index contributed by atoms with van der Waals surface area (Å²) in [5.41, 5.74) is 4.66. The molecule has 124 valence electrons. The molecule has 1 heterocycles. The van der Waals surface area contributed by atoms with E-state index in [1.807, 2.05) is 12.1 Å². The molecule has 4 rings (SSSR count). The molecule has 0 radical (unpaired) electrons. The summed E-state index contributed by atoms with van der Waals surface area (Å²) in [4.78, 5) is 11.5. The number of aromatic nitrogens is 2. The fraction of sp³-hybridized carbons (Fsp3) is 0.150. The van der Waals surface area contributed by atoms with Gasteiger partial charge in [-0.25, -0.2) is 4.79 Å². The van der Waals surface area contributed by atoms with Gasteiger partial charge in [0.15, 0.2) is 0 Å². The Morgan fingerprint density at radius 3 is 2.60 bits per heavy atom. The van der Waals surface area contributed by atoms with Crippen molar-refractivity contribution in [3.05, 3.63) is 77.2 Å². The van der Waals surface area contributed by atoms with Crippen molar-refractivity contribution in [2.24, 2.45) is 0 Å². The maximum atomic E-state index is 11.5. The SMILES string of the molecule is COC(=O)c1ccc(-c2nnc(C3=CCCc4ccccc43)o2)cc1. The summed E-state index contributed by atoms with van der Waals surface area (Å²) in [5.74, 6) is 0.566. The molecule has 0 atom stereocenters. The van der Waals surface area contributed by atoms with E-state index in [4.69, 9.17) is 9.15 Å². The van der Waals surface area contributed by atoms with E-state index in [1.54, 1.807) is 24.3 Å². The number of nitrogens with zero attached hydrogens (tertiary/aromatic N) is 2. The fourth-order valence-electron chi connectivity index (χ4n) is 3.00. The van der Waals surface area contributed by atoms with Gasteiger partial charge in [-0.2, -0.15) is 0 Å². The molecule has 0 aliphatic heterocycles. The molecule has 5 heteroatoms. The first-order chi connectivity index (χ1) is 12.3. The number of benzene rings is 2. The monoisotopic (exact) mass is 332 g/mol. The Labute approximate surface area is 145 Å². The number of ether oxygens (including phenoxy) is 1. The molecule has 3 aromatic rings. The maximum Gasteiger partial charge on any atom is 0.337 e. The second-order valence-electron chi connectivity index (χ2n) is 5.79. The van der Waals surface area contributed by atoms with Crippen molar-refractivity contribution >= 4 is 11.5 Å². The zero-order valence-corrected chi connectivity index (χ0v) is 13.7. The number of carbonyl (C=O) groups is 1. The van der Waals surface area contributed by atoms with Crippen molar-refractivity contribution in [2.45, 2.75) is 12.8 Å². The van der Waals surface area contributed by atoms with Gasteiger partial charge in [-0.05, 0) is 48.2 Å². The van der Waals surface area contributed by atoms with Crippen LogP contribution in [0.25, 0.3) is 17.0 Å². The Kier molecular flexibility index (Phi) is 3.90. The lowest BCUT2D eigenvalue weighted by molar-refractivity contribution is 0.0600. The van der Waals surface area contributed by atoms with Gasteiger partial charge in [0, 0.05) is 11.1 Å². The smallest absolute Gasteiger partial charge is 0.337 e. The number of esters is 1. The lowest BCUT2D eigenvalue weighted by Crippen LogP contribution is -2.00. The molecule has 0 spiro atoms. The normalized spacial score (nSPS) is 13.1. The van der Waals surface area contributed by atoms with Gasteiger partial charge in [0.2, 0.25) is 11.8 Å². The highest BCUT2D eigenvalue weighted by molar-refractivity contribution is 5.89. The van der Waals surface area contributed by atoms with E-state index in [2.05, 4.69) is 28.4 Å². The first-order valence-corrected chi connectivity index (χ1v) is 8.07. The number of hydrogen-bond acceptors (Lipinski definition) is 5. The van der Waals surface area contributed by atoms with E-state index >= 15 is 0 Å². The van der Waals surface area contributed by atoms with Crippen LogP contribution in [-0.4, -0.2) is 23.3 Å². The largest absolute Gasteiger partial charge is 0.465 e. The third-order valence-electron chi connectivity index (χ3n) is 4.28. The van der Waals surface area contributed by atoms with Crippen LogP contribution < -0.4 is 0 Å². The molecule has 0 fully saturated rings. The summed E-state index contributed by atoms with van der Waals surface area (Å²) in [6, 6.07) is 15.2. The predicted molar refractivity (Wildman–Crippen MR) is 92.9 cm³/mol. The number of rotatable bonds is 3. The van der Waals surface area contributed by atoms with Crippen molar-refractivity contribution in [1.29, 1.82) is 0 Å². The van der Waals surface area contributed by atoms with Gasteiger partial charge in [0.05, 0.1) is 12.7 Å². The second kappa shape index (κ2) is 6.36. The van der Waals surface area contributed by atoms with Gasteiger partial charge < -0.3 is 9.15 Å². The predicted octanol–water partition coefficient (Wildman–Crippen LogP) is 3.90. The van der Waals surface area contributed by atoms with E-state index in [1.165, 1.54) is 12.7 Å². The Hall–Kier alpha value is -3.21. The van der Waals surface area contributed by atoms with E-state index < -0.39 is 0 Å². The topological polar surface area (TPSA) is 65.2 Å². The molecule has 0 saturated heterocycles. The van der Waals surface area contributed by atoms with Crippen LogP contribution >= 0.6 is 0 Å². The molecule has 1 aromatic heterocycles. The standard InChI is InChI=1S/C20H16N2O3/c1-24-20(23)15-11-9-14(10-12-15)18-21-22-19(25-18)17-8-4-6-13-5-2-3-7-16(13)17/h2-3,5,7-12H,4,6H2,1H3. The average molecular weight is 332 g/mol. The van der Waals surface area contributed by atoms with E-state index in [0.717, 1.165) is 29.5 Å². The van der Waals surface area contributed by atoms with Gasteiger partial charge in [0.1, 0.15) is 0 Å². The lowest BCUT2D eigenvalue weighted by Gasteiger charge is -2.14. The summed E-state index contributed by atoms with van der Waals surface area (Å²) in [5, 5.41) is 8.37. The van der Waals surface area contributed by atoms with Crippen LogP contribution in [0.2, 0.25) is 0 Å². The van der Waals surface area contributed by atoms with Crippen molar-refractivity contribution in [3.8, 4) is 11.5 Å². The quantitative estimate of drug-likeness (QED) is 0.681. The van der Waals surface area contributed by atoms with Gasteiger partial charge >= 0.3 is 5.97 Å². The van der Waals surface area contributed by atoms with Gasteiger partial charge in [0.25, 0.3) is 0 Å². The molecule has 0 bridgehead atoms. The highest BCUT2D eigenvalue weighted by atomic mass is 16.5. The Morgan fingerprint density at radius 2 is 1.80 bits per heavy atom. The number of fused-ring (bicyclic) bond motifs is 1. The minimum absolute atomic E-state index is 0.373. The molecule has 1 aliphatic rings. The summed E-state index contributed by atoms with van der Waals surface area (Å²) in [7, 11) is 1.36. The van der Waals surface area contributed by atoms with E-state index in [9.17, 15) is 4.79 Å². The minimum atomic E-state index is -0.373. The Bertz CT molecular complexity index is 955. The molecular weight excluding hydrogens is 316 g/mol. The highest BCUT2D eigenvalue weighted by Gasteiger charge is 2.19. The van der Waals surface area contributed by atoms with E-state index in [-0.39, 0.29) is 5.97 Å². The summed E-state index contributed by atoms with van der Waals surface area (Å²) in [6.45, 7) is 0. The third kappa shape index (κ3) is 2.85. The molecule has 25 heavy (non-hydrogen) atoms. The van der Waals surface area contributed by atoms with Gasteiger partial charge in [-0.1, -0.05) is 30.3 Å². The lowest BCUT2D eigenvalue weighted by atomic mass is 9.91. The first-order valence-electron chi connectivity index (χ1n) is 8.07. The summed E-state index contributed by atoms with van der Waals surface area (Å²) in [6.07, 6.45) is 4.12. The van der Waals surface area contributed by atoms with Gasteiger partial charge in [-0.15, -0.1) is 10.2 Å². The summed E-state index contributed by atoms with van der Waals surface area (Å²) >= 11 is 0. The maximum absolute atomic E-state index is 11.5. The van der Waals surface area contributed by atoms with Gasteiger partial charge in [-0.3, -0.25) is 0 Å². The number of aryl methyl sites for hydroxylation is 1. The van der Waals surface area contributed by atoms with E-state index in [0.29, 0.717) is 17.3 Å². The molecule has 0 saturated carbocycles. The van der Waals surface area contributed by atoms with Crippen molar-refractivity contribution in [3.63, 3.8) is 0 Å². The zero-order chi connectivity index (χ0) is 17.2. The molecular formula is C20H16N2O3. The van der Waals surface area contributed by atoms with Crippen molar-refractivity contribution in [1.82, 2.24) is 10.2 Å². The van der Waals surface area contributed by atoms with Crippen molar-refractivity contribution in [2.75, 3.05) is 7.11 Å². The number of carbonyl (C=O) groups excluding carboxylic acids is 1. The molecule has 0 unspecified atom stereocenters. The van der Waals surface area contributed by atoms with Crippen LogP contribution in [0.3, 0.4) is 0 Å².